The van der Waals surface area contributed by atoms with Gasteiger partial charge in [0.2, 0.25) is 0 Å². The normalized spacial score (nSPS) is 10.8. The van der Waals surface area contributed by atoms with E-state index in [1.165, 1.54) is 0 Å². The predicted molar refractivity (Wildman–Crippen MR) is 107 cm³/mol. The van der Waals surface area contributed by atoms with Crippen molar-refractivity contribution in [2.75, 3.05) is 7.11 Å². The van der Waals surface area contributed by atoms with E-state index in [2.05, 4.69) is 54.3 Å². The van der Waals surface area contributed by atoms with Gasteiger partial charge in [0.25, 0.3) is 0 Å². The molecule has 134 valence electrons. The van der Waals surface area contributed by atoms with Gasteiger partial charge in [0.15, 0.2) is 5.76 Å². The van der Waals surface area contributed by atoms with Gasteiger partial charge in [0.05, 0.1) is 19.0 Å². The zero-order valence-corrected chi connectivity index (χ0v) is 15.6. The smallest absolute Gasteiger partial charge is 0.174 e. The van der Waals surface area contributed by atoms with E-state index in [0.29, 0.717) is 0 Å². The molecule has 0 spiro atoms. The summed E-state index contributed by atoms with van der Waals surface area (Å²) in [4.78, 5) is 4.40. The Kier molecular flexibility index (Phi) is 4.47. The van der Waals surface area contributed by atoms with Gasteiger partial charge in [0.1, 0.15) is 5.75 Å². The largest absolute Gasteiger partial charge is 0.496 e. The summed E-state index contributed by atoms with van der Waals surface area (Å²) in [5.74, 6) is 1.58. The van der Waals surface area contributed by atoms with Crippen LogP contribution in [0.15, 0.2) is 71.5 Å². The molecule has 0 fully saturated rings. The van der Waals surface area contributed by atoms with E-state index in [1.807, 2.05) is 24.3 Å². The SMILES string of the molecule is COc1cc(-c2oncc2-c2ccc(-c3ccccn3)cc2)cc(C)c1C. The van der Waals surface area contributed by atoms with Crippen LogP contribution in [0.4, 0.5) is 0 Å². The zero-order valence-electron chi connectivity index (χ0n) is 15.6. The molecule has 0 saturated heterocycles. The van der Waals surface area contributed by atoms with E-state index in [-0.39, 0.29) is 0 Å². The first-order valence-electron chi connectivity index (χ1n) is 8.79. The number of hydrogen-bond acceptors (Lipinski definition) is 4. The highest BCUT2D eigenvalue weighted by Crippen LogP contribution is 2.36. The van der Waals surface area contributed by atoms with E-state index in [4.69, 9.17) is 9.26 Å². The first-order chi connectivity index (χ1) is 13.2. The molecule has 0 aliphatic carbocycles. The van der Waals surface area contributed by atoms with E-state index in [9.17, 15) is 0 Å². The second-order valence-corrected chi connectivity index (χ2v) is 6.48. The maximum Gasteiger partial charge on any atom is 0.174 e. The molecule has 0 radical (unpaired) electrons. The Labute approximate surface area is 158 Å². The lowest BCUT2D eigenvalue weighted by Gasteiger charge is -2.10. The van der Waals surface area contributed by atoms with Crippen molar-refractivity contribution in [2.24, 2.45) is 0 Å². The molecule has 0 aliphatic rings. The van der Waals surface area contributed by atoms with E-state index >= 15 is 0 Å². The minimum absolute atomic E-state index is 0.738. The summed E-state index contributed by atoms with van der Waals surface area (Å²) in [6, 6.07) is 18.3. The van der Waals surface area contributed by atoms with Gasteiger partial charge in [-0.1, -0.05) is 35.5 Å². The topological polar surface area (TPSA) is 48.2 Å². The molecule has 4 heteroatoms. The van der Waals surface area contributed by atoms with Gasteiger partial charge < -0.3 is 9.26 Å². The number of methoxy groups -OCH3 is 1. The molecule has 2 aromatic carbocycles. The monoisotopic (exact) mass is 356 g/mol. The first-order valence-corrected chi connectivity index (χ1v) is 8.79. The summed E-state index contributed by atoms with van der Waals surface area (Å²) in [6.07, 6.45) is 3.56. The third-order valence-corrected chi connectivity index (χ3v) is 4.83. The first kappa shape index (κ1) is 17.0. The molecule has 0 aliphatic heterocycles. The second-order valence-electron chi connectivity index (χ2n) is 6.48. The van der Waals surface area contributed by atoms with E-state index in [1.54, 1.807) is 19.5 Å². The maximum atomic E-state index is 5.60. The summed E-state index contributed by atoms with van der Waals surface area (Å²) in [6.45, 7) is 4.12. The van der Waals surface area contributed by atoms with E-state index in [0.717, 1.165) is 50.6 Å². The second kappa shape index (κ2) is 7.08. The van der Waals surface area contributed by atoms with Crippen LogP contribution in [0, 0.1) is 13.8 Å². The molecule has 27 heavy (non-hydrogen) atoms. The average Bonchev–Trinajstić information content (AvgIpc) is 3.20. The number of nitrogens with zero attached hydrogens (tertiary/aromatic N) is 2. The van der Waals surface area contributed by atoms with Crippen LogP contribution in [0.1, 0.15) is 11.1 Å². The Morgan fingerprint density at radius 2 is 1.67 bits per heavy atom. The number of ether oxygens (including phenoxy) is 1. The van der Waals surface area contributed by atoms with Crippen LogP contribution in [-0.2, 0) is 0 Å². The number of aromatic nitrogens is 2. The summed E-state index contributed by atoms with van der Waals surface area (Å²) >= 11 is 0. The Morgan fingerprint density at radius 1 is 0.889 bits per heavy atom. The lowest BCUT2D eigenvalue weighted by atomic mass is 9.98. The fourth-order valence-corrected chi connectivity index (χ4v) is 3.18. The fraction of sp³-hybridized carbons (Fsp3) is 0.130. The van der Waals surface area contributed by atoms with Gasteiger partial charge in [-0.05, 0) is 54.8 Å². The molecule has 2 heterocycles. The highest BCUT2D eigenvalue weighted by atomic mass is 16.5. The molecule has 4 rings (SSSR count). The molecule has 4 aromatic rings. The number of pyridine rings is 1. The fourth-order valence-electron chi connectivity index (χ4n) is 3.18. The Bertz CT molecular complexity index is 1070. The third kappa shape index (κ3) is 3.22. The lowest BCUT2D eigenvalue weighted by Crippen LogP contribution is -1.92. The minimum atomic E-state index is 0.738. The van der Waals surface area contributed by atoms with Crippen molar-refractivity contribution < 1.29 is 9.26 Å². The molecule has 0 unspecified atom stereocenters. The van der Waals surface area contributed by atoms with Gasteiger partial charge in [0, 0.05) is 22.9 Å². The molecule has 0 amide bonds. The molecule has 0 bridgehead atoms. The summed E-state index contributed by atoms with van der Waals surface area (Å²) in [5.41, 5.74) is 7.25. The van der Waals surface area contributed by atoms with Crippen molar-refractivity contribution in [3.8, 4) is 39.5 Å². The minimum Gasteiger partial charge on any atom is -0.496 e. The maximum absolute atomic E-state index is 5.60. The van der Waals surface area contributed by atoms with Gasteiger partial charge in [-0.25, -0.2) is 0 Å². The molecule has 0 N–H and O–H groups in total. The van der Waals surface area contributed by atoms with Crippen molar-refractivity contribution in [1.82, 2.24) is 10.1 Å². The highest BCUT2D eigenvalue weighted by Gasteiger charge is 2.16. The summed E-state index contributed by atoms with van der Waals surface area (Å²) in [7, 11) is 1.68. The highest BCUT2D eigenvalue weighted by molar-refractivity contribution is 5.81. The lowest BCUT2D eigenvalue weighted by molar-refractivity contribution is 0.410. The van der Waals surface area contributed by atoms with Gasteiger partial charge in [-0.2, -0.15) is 0 Å². The molecule has 0 saturated carbocycles. The van der Waals surface area contributed by atoms with Gasteiger partial charge in [-0.3, -0.25) is 4.98 Å². The van der Waals surface area contributed by atoms with Crippen molar-refractivity contribution in [2.45, 2.75) is 13.8 Å². The molecular formula is C23H20N2O2. The zero-order chi connectivity index (χ0) is 18.8. The van der Waals surface area contributed by atoms with Crippen LogP contribution in [0.5, 0.6) is 5.75 Å². The van der Waals surface area contributed by atoms with Gasteiger partial charge >= 0.3 is 0 Å². The number of aryl methyl sites for hydroxylation is 1. The van der Waals surface area contributed by atoms with E-state index < -0.39 is 0 Å². The number of benzene rings is 2. The van der Waals surface area contributed by atoms with Crippen LogP contribution in [0.25, 0.3) is 33.7 Å². The molecule has 2 aromatic heterocycles. The van der Waals surface area contributed by atoms with Crippen LogP contribution < -0.4 is 4.74 Å². The number of rotatable bonds is 4. The average molecular weight is 356 g/mol. The predicted octanol–water partition coefficient (Wildman–Crippen LogP) is 5.70. The van der Waals surface area contributed by atoms with Crippen LogP contribution >= 0.6 is 0 Å². The standard InChI is InChI=1S/C23H20N2O2/c1-15-12-19(13-22(26-3)16(15)2)23-20(14-25-27-23)17-7-9-18(10-8-17)21-6-4-5-11-24-21/h4-14H,1-3H3. The van der Waals surface area contributed by atoms with Crippen molar-refractivity contribution in [1.29, 1.82) is 0 Å². The van der Waals surface area contributed by atoms with Gasteiger partial charge in [-0.15, -0.1) is 0 Å². The summed E-state index contributed by atoms with van der Waals surface area (Å²) in [5, 5.41) is 4.03. The molecular weight excluding hydrogens is 336 g/mol. The number of hydrogen-bond donors (Lipinski definition) is 0. The Hall–Kier alpha value is -3.40. The van der Waals surface area contributed by atoms with Crippen LogP contribution in [-0.4, -0.2) is 17.3 Å². The Balaban J connectivity index is 1.74. The van der Waals surface area contributed by atoms with Crippen LogP contribution in [0.3, 0.4) is 0 Å². The van der Waals surface area contributed by atoms with Crippen molar-refractivity contribution in [3.63, 3.8) is 0 Å². The van der Waals surface area contributed by atoms with Crippen LogP contribution in [0.2, 0.25) is 0 Å². The third-order valence-electron chi connectivity index (χ3n) is 4.83. The quantitative estimate of drug-likeness (QED) is 0.471. The molecule has 0 atom stereocenters. The van der Waals surface area contributed by atoms with Crippen molar-refractivity contribution in [3.05, 3.63) is 78.1 Å². The molecule has 4 nitrogen and oxygen atoms in total. The van der Waals surface area contributed by atoms with Crippen molar-refractivity contribution >= 4 is 0 Å². The Morgan fingerprint density at radius 3 is 2.37 bits per heavy atom. The summed E-state index contributed by atoms with van der Waals surface area (Å²) < 4.78 is 11.1.